The van der Waals surface area contributed by atoms with Gasteiger partial charge in [0.25, 0.3) is 0 Å². The first-order valence-electron chi connectivity index (χ1n) is 8.66. The fourth-order valence-corrected chi connectivity index (χ4v) is 4.36. The Labute approximate surface area is 139 Å². The Balaban J connectivity index is 1.60. The van der Waals surface area contributed by atoms with E-state index in [-0.39, 0.29) is 0 Å². The summed E-state index contributed by atoms with van der Waals surface area (Å²) in [5.41, 5.74) is 0. The van der Waals surface area contributed by atoms with Gasteiger partial charge in [-0.2, -0.15) is 0 Å². The van der Waals surface area contributed by atoms with E-state index in [0.29, 0.717) is 4.05 Å². The van der Waals surface area contributed by atoms with Gasteiger partial charge in [0.1, 0.15) is 0 Å². The van der Waals surface area contributed by atoms with Crippen LogP contribution in [-0.2, 0) is 0 Å². The highest BCUT2D eigenvalue weighted by atomic mass is 127. The standard InChI is InChI=1S/C17H33IN2/c1-14(2)17-7-10-19(11-8-17)9-4-16-5-12-20(13-6-16)15(3)18/h14-17H,4-13H2,1-3H3. The Kier molecular flexibility index (Phi) is 7.08. The second-order valence-corrected chi connectivity index (χ2v) is 9.07. The molecule has 3 heteroatoms. The number of hydrogen-bond donors (Lipinski definition) is 0. The molecule has 0 bridgehead atoms. The summed E-state index contributed by atoms with van der Waals surface area (Å²) in [6.07, 6.45) is 7.16. The SMILES string of the molecule is CC(C)C1CCN(CCC2CCN(C(C)I)CC2)CC1. The molecule has 2 fully saturated rings. The normalized spacial score (nSPS) is 26.2. The molecule has 0 aromatic heterocycles. The minimum Gasteiger partial charge on any atom is -0.303 e. The van der Waals surface area contributed by atoms with Crippen molar-refractivity contribution >= 4 is 22.6 Å². The Morgan fingerprint density at radius 3 is 2.05 bits per heavy atom. The highest BCUT2D eigenvalue weighted by Crippen LogP contribution is 2.27. The summed E-state index contributed by atoms with van der Waals surface area (Å²) in [4.78, 5) is 5.36. The number of halogens is 1. The molecule has 1 atom stereocenters. The van der Waals surface area contributed by atoms with E-state index in [4.69, 9.17) is 0 Å². The lowest BCUT2D eigenvalue weighted by molar-refractivity contribution is 0.132. The summed E-state index contributed by atoms with van der Waals surface area (Å²) in [5, 5.41) is 0. The van der Waals surface area contributed by atoms with Gasteiger partial charge in [-0.3, -0.25) is 4.90 Å². The topological polar surface area (TPSA) is 6.48 Å². The van der Waals surface area contributed by atoms with Gasteiger partial charge in [-0.25, -0.2) is 0 Å². The van der Waals surface area contributed by atoms with Gasteiger partial charge >= 0.3 is 0 Å². The number of alkyl halides is 1. The van der Waals surface area contributed by atoms with E-state index >= 15 is 0 Å². The molecule has 1 unspecified atom stereocenters. The van der Waals surface area contributed by atoms with Crippen LogP contribution in [0.15, 0.2) is 0 Å². The van der Waals surface area contributed by atoms with Crippen molar-refractivity contribution in [1.29, 1.82) is 0 Å². The molecular formula is C17H33IN2. The van der Waals surface area contributed by atoms with Gasteiger partial charge in [-0.1, -0.05) is 36.4 Å². The number of likely N-dealkylation sites (tertiary alicyclic amines) is 2. The smallest absolute Gasteiger partial charge is 0.0589 e. The zero-order valence-electron chi connectivity index (χ0n) is 13.7. The van der Waals surface area contributed by atoms with Crippen LogP contribution >= 0.6 is 22.6 Å². The van der Waals surface area contributed by atoms with Crippen molar-refractivity contribution in [3.63, 3.8) is 0 Å². The van der Waals surface area contributed by atoms with E-state index in [2.05, 4.69) is 53.2 Å². The van der Waals surface area contributed by atoms with Crippen LogP contribution in [0.2, 0.25) is 0 Å². The highest BCUT2D eigenvalue weighted by molar-refractivity contribution is 14.1. The minimum atomic E-state index is 0.712. The van der Waals surface area contributed by atoms with Crippen LogP contribution in [0.1, 0.15) is 52.9 Å². The van der Waals surface area contributed by atoms with Gasteiger partial charge < -0.3 is 4.90 Å². The average Bonchev–Trinajstić information content (AvgIpc) is 2.46. The lowest BCUT2D eigenvalue weighted by Gasteiger charge is -2.37. The van der Waals surface area contributed by atoms with Crippen molar-refractivity contribution in [2.24, 2.45) is 17.8 Å². The molecule has 20 heavy (non-hydrogen) atoms. The first-order chi connectivity index (χ1) is 9.56. The van der Waals surface area contributed by atoms with Crippen LogP contribution in [0.4, 0.5) is 0 Å². The molecule has 2 rings (SSSR count). The Hall–Kier alpha value is 0.650. The lowest BCUT2D eigenvalue weighted by Crippen LogP contribution is -2.39. The van der Waals surface area contributed by atoms with Crippen molar-refractivity contribution in [2.45, 2.75) is 56.9 Å². The van der Waals surface area contributed by atoms with Crippen molar-refractivity contribution in [3.05, 3.63) is 0 Å². The summed E-state index contributed by atoms with van der Waals surface area (Å²) in [7, 11) is 0. The fraction of sp³-hybridized carbons (Fsp3) is 1.00. The summed E-state index contributed by atoms with van der Waals surface area (Å²) in [6, 6.07) is 0. The fourth-order valence-electron chi connectivity index (χ4n) is 3.81. The molecule has 0 aromatic carbocycles. The lowest BCUT2D eigenvalue weighted by atomic mass is 9.86. The van der Waals surface area contributed by atoms with E-state index in [1.165, 1.54) is 64.8 Å². The molecule has 2 aliphatic rings. The van der Waals surface area contributed by atoms with Gasteiger partial charge in [-0.05, 0) is 89.5 Å². The molecular weight excluding hydrogens is 359 g/mol. The van der Waals surface area contributed by atoms with Crippen LogP contribution in [0.3, 0.4) is 0 Å². The third-order valence-corrected chi connectivity index (χ3v) is 6.37. The van der Waals surface area contributed by atoms with E-state index in [0.717, 1.165) is 17.8 Å². The van der Waals surface area contributed by atoms with Crippen molar-refractivity contribution in [3.8, 4) is 0 Å². The summed E-state index contributed by atoms with van der Waals surface area (Å²) in [5.74, 6) is 2.86. The van der Waals surface area contributed by atoms with Gasteiger partial charge in [0, 0.05) is 0 Å². The number of hydrogen-bond acceptors (Lipinski definition) is 2. The third-order valence-electron chi connectivity index (χ3n) is 5.58. The zero-order valence-corrected chi connectivity index (χ0v) is 15.8. The molecule has 2 nitrogen and oxygen atoms in total. The van der Waals surface area contributed by atoms with Crippen LogP contribution < -0.4 is 0 Å². The molecule has 0 aliphatic carbocycles. The van der Waals surface area contributed by atoms with Crippen LogP contribution in [0.5, 0.6) is 0 Å². The Bertz CT molecular complexity index is 236. The monoisotopic (exact) mass is 392 g/mol. The maximum Gasteiger partial charge on any atom is 0.0589 e. The van der Waals surface area contributed by atoms with Gasteiger partial charge in [0.2, 0.25) is 0 Å². The third kappa shape index (κ3) is 5.13. The van der Waals surface area contributed by atoms with Crippen LogP contribution in [0, 0.1) is 17.8 Å². The quantitative estimate of drug-likeness (QED) is 0.392. The highest BCUT2D eigenvalue weighted by Gasteiger charge is 2.24. The minimum absolute atomic E-state index is 0.712. The van der Waals surface area contributed by atoms with E-state index < -0.39 is 0 Å². The first-order valence-corrected chi connectivity index (χ1v) is 9.91. The predicted molar refractivity (Wildman–Crippen MR) is 96.4 cm³/mol. The summed E-state index contributed by atoms with van der Waals surface area (Å²) in [6.45, 7) is 13.8. The van der Waals surface area contributed by atoms with Crippen molar-refractivity contribution < 1.29 is 0 Å². The molecule has 118 valence electrons. The number of nitrogens with zero attached hydrogens (tertiary/aromatic N) is 2. The predicted octanol–water partition coefficient (Wildman–Crippen LogP) is 4.24. The van der Waals surface area contributed by atoms with Crippen LogP contribution in [0.25, 0.3) is 0 Å². The summed E-state index contributed by atoms with van der Waals surface area (Å²) < 4.78 is 0.712. The molecule has 0 N–H and O–H groups in total. The molecule has 0 spiro atoms. The zero-order chi connectivity index (χ0) is 14.5. The van der Waals surface area contributed by atoms with Gasteiger partial charge in [0.05, 0.1) is 4.05 Å². The number of piperidine rings is 2. The first kappa shape index (κ1) is 17.0. The maximum atomic E-state index is 2.73. The van der Waals surface area contributed by atoms with Gasteiger partial charge in [-0.15, -0.1) is 0 Å². The molecule has 0 saturated carbocycles. The van der Waals surface area contributed by atoms with E-state index in [9.17, 15) is 0 Å². The summed E-state index contributed by atoms with van der Waals surface area (Å²) >= 11 is 2.55. The number of rotatable bonds is 5. The molecule has 0 radical (unpaired) electrons. The average molecular weight is 392 g/mol. The maximum absolute atomic E-state index is 2.73. The molecule has 0 amide bonds. The largest absolute Gasteiger partial charge is 0.303 e. The van der Waals surface area contributed by atoms with Crippen molar-refractivity contribution in [1.82, 2.24) is 9.80 Å². The van der Waals surface area contributed by atoms with Crippen molar-refractivity contribution in [2.75, 3.05) is 32.7 Å². The molecule has 0 aromatic rings. The van der Waals surface area contributed by atoms with Crippen LogP contribution in [-0.4, -0.2) is 46.6 Å². The Morgan fingerprint density at radius 2 is 1.55 bits per heavy atom. The van der Waals surface area contributed by atoms with Gasteiger partial charge in [0.15, 0.2) is 0 Å². The second-order valence-electron chi connectivity index (χ2n) is 7.27. The Morgan fingerprint density at radius 1 is 0.950 bits per heavy atom. The van der Waals surface area contributed by atoms with E-state index in [1.807, 2.05) is 0 Å². The van der Waals surface area contributed by atoms with E-state index in [1.54, 1.807) is 0 Å². The molecule has 2 saturated heterocycles. The molecule has 2 heterocycles. The second kappa shape index (κ2) is 8.33. The molecule has 2 aliphatic heterocycles.